The lowest BCUT2D eigenvalue weighted by molar-refractivity contribution is 0.601. The van der Waals surface area contributed by atoms with Crippen LogP contribution in [0.5, 0.6) is 0 Å². The monoisotopic (exact) mass is 310 g/mol. The van der Waals surface area contributed by atoms with Crippen molar-refractivity contribution in [1.29, 1.82) is 5.26 Å². The third-order valence-electron chi connectivity index (χ3n) is 3.02. The van der Waals surface area contributed by atoms with Crippen molar-refractivity contribution in [2.75, 3.05) is 4.72 Å². The fourth-order valence-corrected chi connectivity index (χ4v) is 2.95. The summed E-state index contributed by atoms with van der Waals surface area (Å²) in [6.45, 7) is 0. The highest BCUT2D eigenvalue weighted by Gasteiger charge is 2.15. The Labute approximate surface area is 127 Å². The van der Waals surface area contributed by atoms with Crippen molar-refractivity contribution in [3.05, 3.63) is 60.6 Å². The Balaban J connectivity index is 1.93. The Morgan fingerprint density at radius 3 is 2.68 bits per heavy atom. The maximum atomic E-state index is 12.3. The number of hydrogen-bond donors (Lipinski definition) is 1. The molecule has 0 spiro atoms. The molecule has 0 aliphatic heterocycles. The molecule has 0 unspecified atom stereocenters. The summed E-state index contributed by atoms with van der Waals surface area (Å²) in [5, 5.41) is 9.52. The van der Waals surface area contributed by atoms with E-state index in [1.165, 1.54) is 12.1 Å². The smallest absolute Gasteiger partial charge is 0.263 e. The summed E-state index contributed by atoms with van der Waals surface area (Å²) in [7, 11) is -3.75. The van der Waals surface area contributed by atoms with Gasteiger partial charge in [0.15, 0.2) is 0 Å². The molecule has 2 aromatic heterocycles. The maximum Gasteiger partial charge on any atom is 0.263 e. The van der Waals surface area contributed by atoms with Crippen LogP contribution in [0.2, 0.25) is 0 Å². The van der Waals surface area contributed by atoms with Gasteiger partial charge in [-0.1, -0.05) is 6.07 Å². The Hall–Kier alpha value is -2.98. The largest absolute Gasteiger partial charge is 0.280 e. The van der Waals surface area contributed by atoms with E-state index in [0.717, 1.165) is 17.1 Å². The molecule has 1 aromatic carbocycles. The van der Waals surface area contributed by atoms with Crippen LogP contribution in [0.4, 0.5) is 5.69 Å². The minimum absolute atomic E-state index is 0.00205. The van der Waals surface area contributed by atoms with E-state index in [1.54, 1.807) is 30.5 Å². The van der Waals surface area contributed by atoms with Gasteiger partial charge in [0.05, 0.1) is 5.52 Å². The molecule has 7 heteroatoms. The second-order valence-electron chi connectivity index (χ2n) is 4.51. The van der Waals surface area contributed by atoms with Crippen LogP contribution in [-0.2, 0) is 10.0 Å². The van der Waals surface area contributed by atoms with Crippen LogP contribution in [0.1, 0.15) is 5.69 Å². The lowest BCUT2D eigenvalue weighted by Crippen LogP contribution is -2.13. The molecule has 0 saturated carbocycles. The molecule has 0 aliphatic carbocycles. The van der Waals surface area contributed by atoms with Crippen molar-refractivity contribution in [1.82, 2.24) is 9.97 Å². The predicted octanol–water partition coefficient (Wildman–Crippen LogP) is 2.30. The van der Waals surface area contributed by atoms with Crippen LogP contribution in [0.15, 0.2) is 59.8 Å². The second kappa shape index (κ2) is 5.42. The Morgan fingerprint density at radius 1 is 1.09 bits per heavy atom. The van der Waals surface area contributed by atoms with E-state index in [1.807, 2.05) is 12.1 Å². The van der Waals surface area contributed by atoms with E-state index in [9.17, 15) is 8.42 Å². The fraction of sp³-hybridized carbons (Fsp3) is 0. The molecular weight excluding hydrogens is 300 g/mol. The lowest BCUT2D eigenvalue weighted by atomic mass is 10.2. The third-order valence-corrected chi connectivity index (χ3v) is 4.38. The van der Waals surface area contributed by atoms with Crippen molar-refractivity contribution in [3.63, 3.8) is 0 Å². The van der Waals surface area contributed by atoms with Gasteiger partial charge in [-0.2, -0.15) is 5.26 Å². The van der Waals surface area contributed by atoms with Gasteiger partial charge in [0.2, 0.25) is 0 Å². The molecule has 0 fully saturated rings. The Kier molecular flexibility index (Phi) is 3.45. The average Bonchev–Trinajstić information content (AvgIpc) is 2.54. The minimum atomic E-state index is -3.75. The summed E-state index contributed by atoms with van der Waals surface area (Å²) in [5.41, 5.74) is 1.38. The number of aromatic nitrogens is 2. The number of benzene rings is 1. The number of sulfonamides is 1. The van der Waals surface area contributed by atoms with E-state index < -0.39 is 10.0 Å². The van der Waals surface area contributed by atoms with E-state index in [-0.39, 0.29) is 10.6 Å². The van der Waals surface area contributed by atoms with Gasteiger partial charge in [0.1, 0.15) is 16.7 Å². The first-order valence-electron chi connectivity index (χ1n) is 6.32. The first-order valence-corrected chi connectivity index (χ1v) is 7.80. The first-order chi connectivity index (χ1) is 10.6. The average molecular weight is 310 g/mol. The zero-order valence-electron chi connectivity index (χ0n) is 11.3. The topological polar surface area (TPSA) is 95.7 Å². The van der Waals surface area contributed by atoms with Gasteiger partial charge >= 0.3 is 0 Å². The molecule has 22 heavy (non-hydrogen) atoms. The highest BCUT2D eigenvalue weighted by molar-refractivity contribution is 7.92. The first kappa shape index (κ1) is 14.0. The van der Waals surface area contributed by atoms with Crippen molar-refractivity contribution in [3.8, 4) is 6.07 Å². The fourth-order valence-electron chi connectivity index (χ4n) is 1.96. The highest BCUT2D eigenvalue weighted by Crippen LogP contribution is 2.20. The molecule has 0 aliphatic rings. The highest BCUT2D eigenvalue weighted by atomic mass is 32.2. The molecule has 0 amide bonds. The van der Waals surface area contributed by atoms with Crippen molar-refractivity contribution in [2.24, 2.45) is 0 Å². The zero-order valence-corrected chi connectivity index (χ0v) is 12.1. The molecule has 0 bridgehead atoms. The quantitative estimate of drug-likeness (QED) is 0.800. The molecule has 108 valence electrons. The molecule has 2 heterocycles. The van der Waals surface area contributed by atoms with Gasteiger partial charge in [-0.3, -0.25) is 9.71 Å². The number of hydrogen-bond acceptors (Lipinski definition) is 5. The van der Waals surface area contributed by atoms with E-state index >= 15 is 0 Å². The summed E-state index contributed by atoms with van der Waals surface area (Å²) >= 11 is 0. The van der Waals surface area contributed by atoms with Crippen molar-refractivity contribution >= 4 is 26.6 Å². The molecule has 3 rings (SSSR count). The summed E-state index contributed by atoms with van der Waals surface area (Å²) in [6, 6.07) is 13.3. The summed E-state index contributed by atoms with van der Waals surface area (Å²) in [4.78, 5) is 7.94. The van der Waals surface area contributed by atoms with Crippen molar-refractivity contribution in [2.45, 2.75) is 4.90 Å². The van der Waals surface area contributed by atoms with Crippen LogP contribution in [0.25, 0.3) is 10.9 Å². The summed E-state index contributed by atoms with van der Waals surface area (Å²) in [5.74, 6) is 0. The molecule has 6 nitrogen and oxygen atoms in total. The van der Waals surface area contributed by atoms with Gasteiger partial charge in [-0.05, 0) is 36.4 Å². The number of nitriles is 1. The van der Waals surface area contributed by atoms with Crippen LogP contribution < -0.4 is 4.72 Å². The number of nitrogens with one attached hydrogen (secondary N) is 1. The molecule has 0 saturated heterocycles. The van der Waals surface area contributed by atoms with Crippen molar-refractivity contribution < 1.29 is 8.42 Å². The SMILES string of the molecule is N#Cc1ccc(S(=O)(=O)Nc2ccc3ncccc3c2)cn1. The Bertz CT molecular complexity index is 976. The number of rotatable bonds is 3. The summed E-state index contributed by atoms with van der Waals surface area (Å²) < 4.78 is 27.1. The predicted molar refractivity (Wildman–Crippen MR) is 81.5 cm³/mol. The summed E-state index contributed by atoms with van der Waals surface area (Å²) in [6.07, 6.45) is 2.83. The number of pyridine rings is 2. The molecule has 0 radical (unpaired) electrons. The van der Waals surface area contributed by atoms with E-state index in [0.29, 0.717) is 5.69 Å². The van der Waals surface area contributed by atoms with Gasteiger partial charge < -0.3 is 0 Å². The molecule has 0 atom stereocenters. The van der Waals surface area contributed by atoms with Crippen LogP contribution in [0, 0.1) is 11.3 Å². The minimum Gasteiger partial charge on any atom is -0.280 e. The standard InChI is InChI=1S/C15H10N4O2S/c16-9-13-3-5-14(10-18-13)22(20,21)19-12-4-6-15-11(8-12)2-1-7-17-15/h1-8,10,19H. The number of nitrogens with zero attached hydrogens (tertiary/aromatic N) is 3. The second-order valence-corrected chi connectivity index (χ2v) is 6.19. The van der Waals surface area contributed by atoms with E-state index in [4.69, 9.17) is 5.26 Å². The van der Waals surface area contributed by atoms with Crippen LogP contribution in [-0.4, -0.2) is 18.4 Å². The number of fused-ring (bicyclic) bond motifs is 1. The van der Waals surface area contributed by atoms with Gasteiger partial charge in [-0.15, -0.1) is 0 Å². The molecule has 1 N–H and O–H groups in total. The van der Waals surface area contributed by atoms with Gasteiger partial charge in [0, 0.05) is 23.5 Å². The zero-order chi connectivity index (χ0) is 15.6. The maximum absolute atomic E-state index is 12.3. The molecule has 3 aromatic rings. The van der Waals surface area contributed by atoms with Gasteiger partial charge in [-0.25, -0.2) is 13.4 Å². The van der Waals surface area contributed by atoms with E-state index in [2.05, 4.69) is 14.7 Å². The molecular formula is C15H10N4O2S. The normalized spacial score (nSPS) is 11.0. The Morgan fingerprint density at radius 2 is 1.95 bits per heavy atom. The third kappa shape index (κ3) is 2.73. The van der Waals surface area contributed by atoms with Crippen LogP contribution >= 0.6 is 0 Å². The number of anilines is 1. The van der Waals surface area contributed by atoms with Gasteiger partial charge in [0.25, 0.3) is 10.0 Å². The lowest BCUT2D eigenvalue weighted by Gasteiger charge is -2.08. The van der Waals surface area contributed by atoms with Crippen LogP contribution in [0.3, 0.4) is 0 Å².